The Morgan fingerprint density at radius 1 is 1.46 bits per heavy atom. The van der Waals surface area contributed by atoms with Gasteiger partial charge in [-0.25, -0.2) is 4.98 Å². The van der Waals surface area contributed by atoms with Crippen molar-refractivity contribution < 1.29 is 13.5 Å². The summed E-state index contributed by atoms with van der Waals surface area (Å²) in [6, 6.07) is 2.11. The second kappa shape index (κ2) is 6.81. The minimum Gasteiger partial charge on any atom is -0.487 e. The zero-order chi connectivity index (χ0) is 18.3. The van der Waals surface area contributed by atoms with Crippen LogP contribution in [0.5, 0.6) is 5.75 Å². The minimum absolute atomic E-state index is 0.0213. The van der Waals surface area contributed by atoms with E-state index in [1.54, 1.807) is 20.2 Å². The van der Waals surface area contributed by atoms with Crippen molar-refractivity contribution in [2.45, 2.75) is 39.0 Å². The van der Waals surface area contributed by atoms with E-state index in [4.69, 9.17) is 9.15 Å². The number of thiazole rings is 1. The summed E-state index contributed by atoms with van der Waals surface area (Å²) >= 11 is 1.35. The largest absolute Gasteiger partial charge is 0.487 e. The summed E-state index contributed by atoms with van der Waals surface area (Å²) in [6.45, 7) is 5.17. The fourth-order valence-electron chi connectivity index (χ4n) is 3.24. The molecule has 26 heavy (non-hydrogen) atoms. The first kappa shape index (κ1) is 17.2. The standard InChI is InChI=1S/C17H20FN5O2S/c1-9-4-12(7-23(9)8-14-15(18)22-17(19-3)26-14)25-11-5-13-16(20-6-11)21-10(2)24-13/h5-6,9,12H,4,7-8H2,1-3H3,(H,19,22). The average molecular weight is 377 g/mol. The highest BCUT2D eigenvalue weighted by Gasteiger charge is 2.31. The molecule has 0 saturated carbocycles. The van der Waals surface area contributed by atoms with E-state index in [0.717, 1.165) is 13.0 Å². The maximum atomic E-state index is 13.9. The molecular weight excluding hydrogens is 357 g/mol. The summed E-state index contributed by atoms with van der Waals surface area (Å²) in [5.41, 5.74) is 1.20. The molecule has 2 atom stereocenters. The zero-order valence-electron chi connectivity index (χ0n) is 14.8. The smallest absolute Gasteiger partial charge is 0.230 e. The van der Waals surface area contributed by atoms with Gasteiger partial charge in [0.25, 0.3) is 0 Å². The number of aryl methyl sites for hydroxylation is 1. The Morgan fingerprint density at radius 2 is 2.31 bits per heavy atom. The van der Waals surface area contributed by atoms with Gasteiger partial charge < -0.3 is 14.5 Å². The van der Waals surface area contributed by atoms with Crippen LogP contribution in [0.1, 0.15) is 24.1 Å². The van der Waals surface area contributed by atoms with Crippen LogP contribution in [0.25, 0.3) is 11.2 Å². The normalized spacial score (nSPS) is 20.8. The Bertz CT molecular complexity index is 927. The number of pyridine rings is 1. The van der Waals surface area contributed by atoms with Gasteiger partial charge in [0.05, 0.1) is 11.1 Å². The highest BCUT2D eigenvalue weighted by Crippen LogP contribution is 2.29. The van der Waals surface area contributed by atoms with Gasteiger partial charge in [0, 0.05) is 45.6 Å². The molecule has 3 aromatic rings. The molecule has 2 unspecified atom stereocenters. The van der Waals surface area contributed by atoms with Crippen LogP contribution in [0.4, 0.5) is 9.52 Å². The second-order valence-corrected chi connectivity index (χ2v) is 7.55. The lowest BCUT2D eigenvalue weighted by atomic mass is 10.2. The van der Waals surface area contributed by atoms with Crippen LogP contribution in [0.2, 0.25) is 0 Å². The third-order valence-corrected chi connectivity index (χ3v) is 5.54. The number of nitrogens with zero attached hydrogens (tertiary/aromatic N) is 4. The molecule has 0 amide bonds. The van der Waals surface area contributed by atoms with Crippen LogP contribution in [0, 0.1) is 12.9 Å². The highest BCUT2D eigenvalue weighted by atomic mass is 32.1. The van der Waals surface area contributed by atoms with Crippen molar-refractivity contribution in [1.82, 2.24) is 19.9 Å². The topological polar surface area (TPSA) is 76.3 Å². The number of ether oxygens (including phenoxy) is 1. The molecule has 1 fully saturated rings. The number of nitrogens with one attached hydrogen (secondary N) is 1. The van der Waals surface area contributed by atoms with Gasteiger partial charge in [-0.2, -0.15) is 14.4 Å². The lowest BCUT2D eigenvalue weighted by Gasteiger charge is -2.19. The zero-order valence-corrected chi connectivity index (χ0v) is 15.6. The molecule has 4 rings (SSSR count). The number of oxazole rings is 1. The predicted molar refractivity (Wildman–Crippen MR) is 97.1 cm³/mol. The number of rotatable bonds is 5. The summed E-state index contributed by atoms with van der Waals surface area (Å²) in [4.78, 5) is 15.2. The second-order valence-electron chi connectivity index (χ2n) is 6.46. The molecule has 138 valence electrons. The summed E-state index contributed by atoms with van der Waals surface area (Å²) in [5.74, 6) is 0.846. The fourth-order valence-corrected chi connectivity index (χ4v) is 4.06. The van der Waals surface area contributed by atoms with Crippen LogP contribution in [0.15, 0.2) is 16.7 Å². The Hall–Kier alpha value is -2.26. The van der Waals surface area contributed by atoms with Crippen LogP contribution in [-0.4, -0.2) is 45.6 Å². The van der Waals surface area contributed by atoms with Gasteiger partial charge in [0.2, 0.25) is 5.95 Å². The monoisotopic (exact) mass is 377 g/mol. The van der Waals surface area contributed by atoms with E-state index < -0.39 is 5.95 Å². The van der Waals surface area contributed by atoms with Crippen molar-refractivity contribution in [3.63, 3.8) is 0 Å². The van der Waals surface area contributed by atoms with Gasteiger partial charge in [0.1, 0.15) is 11.9 Å². The molecule has 0 aliphatic carbocycles. The molecule has 4 heterocycles. The van der Waals surface area contributed by atoms with Crippen molar-refractivity contribution in [2.24, 2.45) is 0 Å². The molecule has 1 aliphatic heterocycles. The van der Waals surface area contributed by atoms with Crippen LogP contribution in [-0.2, 0) is 6.54 Å². The Labute approximate surface area is 154 Å². The van der Waals surface area contributed by atoms with Gasteiger partial charge in [0.15, 0.2) is 22.3 Å². The van der Waals surface area contributed by atoms with Crippen LogP contribution < -0.4 is 10.1 Å². The number of hydrogen-bond acceptors (Lipinski definition) is 8. The van der Waals surface area contributed by atoms with E-state index in [0.29, 0.717) is 45.5 Å². The first-order valence-corrected chi connectivity index (χ1v) is 9.30. The average Bonchev–Trinajstić information content (AvgIpc) is 3.25. The van der Waals surface area contributed by atoms with Gasteiger partial charge >= 0.3 is 0 Å². The lowest BCUT2D eigenvalue weighted by Crippen LogP contribution is -2.28. The molecule has 9 heteroatoms. The van der Waals surface area contributed by atoms with Crippen molar-refractivity contribution in [3.05, 3.63) is 29.0 Å². The van der Waals surface area contributed by atoms with Gasteiger partial charge in [-0.3, -0.25) is 4.90 Å². The Morgan fingerprint density at radius 3 is 3.08 bits per heavy atom. The molecule has 0 bridgehead atoms. The summed E-state index contributed by atoms with van der Waals surface area (Å²) in [6.07, 6.45) is 2.56. The molecule has 7 nitrogen and oxygen atoms in total. The molecule has 1 saturated heterocycles. The first-order valence-electron chi connectivity index (χ1n) is 8.48. The van der Waals surface area contributed by atoms with Gasteiger partial charge in [-0.05, 0) is 6.92 Å². The fraction of sp³-hybridized carbons (Fsp3) is 0.471. The molecule has 0 spiro atoms. The highest BCUT2D eigenvalue weighted by molar-refractivity contribution is 7.15. The van der Waals surface area contributed by atoms with Gasteiger partial charge in [-0.1, -0.05) is 11.3 Å². The Balaban J connectivity index is 1.43. The number of anilines is 1. The van der Waals surface area contributed by atoms with Crippen molar-refractivity contribution in [3.8, 4) is 5.75 Å². The van der Waals surface area contributed by atoms with Crippen molar-refractivity contribution in [1.29, 1.82) is 0 Å². The van der Waals surface area contributed by atoms with Gasteiger partial charge in [-0.15, -0.1) is 0 Å². The number of hydrogen-bond donors (Lipinski definition) is 1. The van der Waals surface area contributed by atoms with Crippen LogP contribution >= 0.6 is 11.3 Å². The first-order chi connectivity index (χ1) is 12.5. The maximum Gasteiger partial charge on any atom is 0.230 e. The van der Waals surface area contributed by atoms with E-state index >= 15 is 0 Å². The Kier molecular flexibility index (Phi) is 4.49. The van der Waals surface area contributed by atoms with E-state index in [-0.39, 0.29) is 6.10 Å². The summed E-state index contributed by atoms with van der Waals surface area (Å²) in [7, 11) is 1.74. The molecule has 1 aliphatic rings. The van der Waals surface area contributed by atoms with E-state index in [2.05, 4.69) is 32.1 Å². The van der Waals surface area contributed by atoms with Crippen molar-refractivity contribution in [2.75, 3.05) is 18.9 Å². The quantitative estimate of drug-likeness (QED) is 0.732. The molecule has 0 aromatic carbocycles. The number of aromatic nitrogens is 3. The number of halogens is 1. The number of fused-ring (bicyclic) bond motifs is 1. The van der Waals surface area contributed by atoms with E-state index in [1.807, 2.05) is 6.07 Å². The predicted octanol–water partition coefficient (Wildman–Crippen LogP) is 3.21. The third-order valence-electron chi connectivity index (χ3n) is 4.51. The molecule has 1 N–H and O–H groups in total. The summed E-state index contributed by atoms with van der Waals surface area (Å²) in [5, 5.41) is 3.48. The summed E-state index contributed by atoms with van der Waals surface area (Å²) < 4.78 is 25.5. The lowest BCUT2D eigenvalue weighted by molar-refractivity contribution is 0.194. The number of likely N-dealkylation sites (tertiary alicyclic amines) is 1. The third kappa shape index (κ3) is 3.36. The molecular formula is C17H20FN5O2S. The molecule has 3 aromatic heterocycles. The van der Waals surface area contributed by atoms with Crippen molar-refractivity contribution >= 4 is 27.7 Å². The SMILES string of the molecule is CNc1nc(F)c(CN2CC(Oc3cnc4nc(C)oc4c3)CC2C)s1. The minimum atomic E-state index is -0.397. The van der Waals surface area contributed by atoms with Crippen LogP contribution in [0.3, 0.4) is 0 Å². The van der Waals surface area contributed by atoms with E-state index in [9.17, 15) is 4.39 Å². The van der Waals surface area contributed by atoms with E-state index in [1.165, 1.54) is 11.3 Å². The molecule has 0 radical (unpaired) electrons. The maximum absolute atomic E-state index is 13.9.